The van der Waals surface area contributed by atoms with Crippen LogP contribution in [0.15, 0.2) is 0 Å². The maximum absolute atomic E-state index is 10.4. The predicted octanol–water partition coefficient (Wildman–Crippen LogP) is 2.58. The van der Waals surface area contributed by atoms with Crippen molar-refractivity contribution < 1.29 is 5.11 Å². The molecule has 2 bridgehead atoms. The van der Waals surface area contributed by atoms with Crippen LogP contribution >= 0.6 is 0 Å². The van der Waals surface area contributed by atoms with Gasteiger partial charge in [0.1, 0.15) is 0 Å². The number of fused-ring (bicyclic) bond motifs is 2. The van der Waals surface area contributed by atoms with Crippen molar-refractivity contribution in [1.82, 2.24) is 0 Å². The molecule has 2 saturated carbocycles. The summed E-state index contributed by atoms with van der Waals surface area (Å²) in [5.74, 6) is 2.15. The standard InChI is InChI=1S/C11H20O/c1-8(2)6-11(12)7-9-3-4-10(11)5-9/h8-10,12H,3-7H2,1-2H3. The van der Waals surface area contributed by atoms with Crippen LogP contribution in [0.1, 0.15) is 46.0 Å². The molecule has 0 aromatic carbocycles. The summed E-state index contributed by atoms with van der Waals surface area (Å²) in [7, 11) is 0. The molecule has 0 aromatic rings. The first-order valence-electron chi connectivity index (χ1n) is 5.32. The molecule has 2 rings (SSSR count). The van der Waals surface area contributed by atoms with Gasteiger partial charge in [-0.25, -0.2) is 0 Å². The average Bonchev–Trinajstić information content (AvgIpc) is 2.42. The smallest absolute Gasteiger partial charge is 0.0681 e. The molecule has 0 aliphatic heterocycles. The van der Waals surface area contributed by atoms with Crippen LogP contribution in [0.4, 0.5) is 0 Å². The van der Waals surface area contributed by atoms with E-state index in [-0.39, 0.29) is 5.60 Å². The van der Waals surface area contributed by atoms with Gasteiger partial charge in [-0.05, 0) is 49.9 Å². The molecular weight excluding hydrogens is 148 g/mol. The zero-order valence-electron chi connectivity index (χ0n) is 8.21. The third-order valence-electron chi connectivity index (χ3n) is 3.71. The molecule has 0 amide bonds. The molecule has 0 radical (unpaired) electrons. The summed E-state index contributed by atoms with van der Waals surface area (Å²) in [5.41, 5.74) is -0.267. The number of rotatable bonds is 2. The van der Waals surface area contributed by atoms with E-state index in [0.29, 0.717) is 11.8 Å². The third kappa shape index (κ3) is 1.28. The molecule has 3 unspecified atom stereocenters. The van der Waals surface area contributed by atoms with E-state index in [1.54, 1.807) is 0 Å². The van der Waals surface area contributed by atoms with Gasteiger partial charge in [-0.1, -0.05) is 13.8 Å². The quantitative estimate of drug-likeness (QED) is 0.672. The minimum Gasteiger partial charge on any atom is -0.390 e. The fraction of sp³-hybridized carbons (Fsp3) is 1.00. The fourth-order valence-electron chi connectivity index (χ4n) is 3.37. The summed E-state index contributed by atoms with van der Waals surface area (Å²) in [4.78, 5) is 0. The molecule has 1 heteroatoms. The van der Waals surface area contributed by atoms with Crippen LogP contribution in [0.3, 0.4) is 0 Å². The van der Waals surface area contributed by atoms with Crippen LogP contribution < -0.4 is 0 Å². The van der Waals surface area contributed by atoms with Gasteiger partial charge in [0.15, 0.2) is 0 Å². The van der Waals surface area contributed by atoms with Crippen molar-refractivity contribution in [2.45, 2.75) is 51.6 Å². The van der Waals surface area contributed by atoms with Crippen LogP contribution in [0, 0.1) is 17.8 Å². The van der Waals surface area contributed by atoms with Crippen molar-refractivity contribution in [3.8, 4) is 0 Å². The summed E-state index contributed by atoms with van der Waals surface area (Å²) in [6, 6.07) is 0. The van der Waals surface area contributed by atoms with Crippen molar-refractivity contribution >= 4 is 0 Å². The van der Waals surface area contributed by atoms with Gasteiger partial charge in [-0.2, -0.15) is 0 Å². The molecule has 0 aromatic heterocycles. The monoisotopic (exact) mass is 168 g/mol. The van der Waals surface area contributed by atoms with Gasteiger partial charge in [0, 0.05) is 0 Å². The van der Waals surface area contributed by atoms with Crippen molar-refractivity contribution in [3.63, 3.8) is 0 Å². The lowest BCUT2D eigenvalue weighted by atomic mass is 9.79. The van der Waals surface area contributed by atoms with Crippen molar-refractivity contribution in [3.05, 3.63) is 0 Å². The van der Waals surface area contributed by atoms with Gasteiger partial charge in [-0.15, -0.1) is 0 Å². The van der Waals surface area contributed by atoms with Gasteiger partial charge in [-0.3, -0.25) is 0 Å². The molecular formula is C11H20O. The minimum atomic E-state index is -0.267. The molecule has 2 aliphatic carbocycles. The first-order valence-corrected chi connectivity index (χ1v) is 5.32. The Morgan fingerprint density at radius 1 is 1.42 bits per heavy atom. The van der Waals surface area contributed by atoms with Gasteiger partial charge in [0.05, 0.1) is 5.60 Å². The van der Waals surface area contributed by atoms with Crippen molar-refractivity contribution in [1.29, 1.82) is 0 Å². The zero-order valence-corrected chi connectivity index (χ0v) is 8.21. The molecule has 0 spiro atoms. The molecule has 12 heavy (non-hydrogen) atoms. The molecule has 1 N–H and O–H groups in total. The SMILES string of the molecule is CC(C)CC1(O)CC2CCC1C2. The Morgan fingerprint density at radius 3 is 2.58 bits per heavy atom. The van der Waals surface area contributed by atoms with Crippen LogP contribution in [0.2, 0.25) is 0 Å². The Hall–Kier alpha value is -0.0400. The summed E-state index contributed by atoms with van der Waals surface area (Å²) >= 11 is 0. The molecule has 2 aliphatic rings. The van der Waals surface area contributed by atoms with Gasteiger partial charge in [0.25, 0.3) is 0 Å². The highest BCUT2D eigenvalue weighted by atomic mass is 16.3. The van der Waals surface area contributed by atoms with Gasteiger partial charge in [0.2, 0.25) is 0 Å². The number of aliphatic hydroxyl groups is 1. The maximum atomic E-state index is 10.4. The Balaban J connectivity index is 2.03. The summed E-state index contributed by atoms with van der Waals surface area (Å²) in [6.07, 6.45) is 6.09. The van der Waals surface area contributed by atoms with Crippen LogP contribution in [-0.2, 0) is 0 Å². The molecule has 3 atom stereocenters. The van der Waals surface area contributed by atoms with E-state index in [0.717, 1.165) is 18.8 Å². The van der Waals surface area contributed by atoms with E-state index < -0.39 is 0 Å². The maximum Gasteiger partial charge on any atom is 0.0681 e. The van der Waals surface area contributed by atoms with Crippen molar-refractivity contribution in [2.24, 2.45) is 17.8 Å². The van der Waals surface area contributed by atoms with Crippen molar-refractivity contribution in [2.75, 3.05) is 0 Å². The molecule has 70 valence electrons. The summed E-state index contributed by atoms with van der Waals surface area (Å²) in [6.45, 7) is 4.42. The summed E-state index contributed by atoms with van der Waals surface area (Å²) < 4.78 is 0. The average molecular weight is 168 g/mol. The summed E-state index contributed by atoms with van der Waals surface area (Å²) in [5, 5.41) is 10.4. The highest BCUT2D eigenvalue weighted by Crippen LogP contribution is 2.52. The van der Waals surface area contributed by atoms with E-state index in [4.69, 9.17) is 0 Å². The lowest BCUT2D eigenvalue weighted by Crippen LogP contribution is -2.36. The number of hydrogen-bond donors (Lipinski definition) is 1. The zero-order chi connectivity index (χ0) is 8.77. The molecule has 1 nitrogen and oxygen atoms in total. The van der Waals surface area contributed by atoms with E-state index in [1.807, 2.05) is 0 Å². The largest absolute Gasteiger partial charge is 0.390 e. The second-order valence-electron chi connectivity index (χ2n) is 5.28. The Kier molecular flexibility index (Phi) is 1.95. The fourth-order valence-corrected chi connectivity index (χ4v) is 3.37. The minimum absolute atomic E-state index is 0.267. The van der Waals surface area contributed by atoms with Crippen LogP contribution in [0.5, 0.6) is 0 Å². The van der Waals surface area contributed by atoms with E-state index in [1.165, 1.54) is 19.3 Å². The first-order chi connectivity index (χ1) is 5.60. The number of hydrogen-bond acceptors (Lipinski definition) is 1. The second-order valence-corrected chi connectivity index (χ2v) is 5.28. The molecule has 0 saturated heterocycles. The van der Waals surface area contributed by atoms with E-state index in [9.17, 15) is 5.11 Å². The van der Waals surface area contributed by atoms with E-state index in [2.05, 4.69) is 13.8 Å². The van der Waals surface area contributed by atoms with Crippen LogP contribution in [0.25, 0.3) is 0 Å². The van der Waals surface area contributed by atoms with Gasteiger partial charge < -0.3 is 5.11 Å². The lowest BCUT2D eigenvalue weighted by Gasteiger charge is -2.33. The molecule has 2 fully saturated rings. The second kappa shape index (κ2) is 2.73. The Labute approximate surface area is 75.2 Å². The highest BCUT2D eigenvalue weighted by Gasteiger charge is 2.49. The Bertz CT molecular complexity index is 176. The third-order valence-corrected chi connectivity index (χ3v) is 3.71. The van der Waals surface area contributed by atoms with Crippen LogP contribution in [-0.4, -0.2) is 10.7 Å². The predicted molar refractivity (Wildman–Crippen MR) is 49.9 cm³/mol. The molecule has 0 heterocycles. The highest BCUT2D eigenvalue weighted by molar-refractivity contribution is 5.01. The normalized spacial score (nSPS) is 46.0. The Morgan fingerprint density at radius 2 is 2.17 bits per heavy atom. The topological polar surface area (TPSA) is 20.2 Å². The van der Waals surface area contributed by atoms with E-state index >= 15 is 0 Å². The van der Waals surface area contributed by atoms with Gasteiger partial charge >= 0.3 is 0 Å². The lowest BCUT2D eigenvalue weighted by molar-refractivity contribution is -0.0302. The first kappa shape index (κ1) is 8.55.